The molecule has 13 heavy (non-hydrogen) atoms. The molecule has 1 aromatic carbocycles. The molecule has 0 amide bonds. The van der Waals surface area contributed by atoms with Crippen LogP contribution in [0.15, 0.2) is 24.3 Å². The maximum absolute atomic E-state index is 9.51. The minimum Gasteiger partial charge on any atom is -0.505 e. The van der Waals surface area contributed by atoms with E-state index in [9.17, 15) is 5.11 Å². The van der Waals surface area contributed by atoms with Crippen molar-refractivity contribution >= 4 is 27.7 Å². The molecular weight excluding hydrogens is 230 g/mol. The zero-order chi connectivity index (χ0) is 9.68. The third-order valence-corrected chi connectivity index (χ3v) is 2.13. The molecule has 1 rings (SSSR count). The Labute approximate surface area is 86.2 Å². The molecule has 0 saturated heterocycles. The number of phenolic OH excluding ortho intramolecular Hbond substituents is 1. The lowest BCUT2D eigenvalue weighted by Gasteiger charge is -2.01. The Morgan fingerprint density at radius 3 is 2.92 bits per heavy atom. The first-order chi connectivity index (χ1) is 6.25. The first kappa shape index (κ1) is 10.1. The summed E-state index contributed by atoms with van der Waals surface area (Å²) in [7, 11) is 0. The van der Waals surface area contributed by atoms with E-state index in [1.165, 1.54) is 0 Å². The van der Waals surface area contributed by atoms with E-state index >= 15 is 0 Å². The number of halogens is 1. The van der Waals surface area contributed by atoms with Gasteiger partial charge in [-0.1, -0.05) is 40.2 Å². The summed E-state index contributed by atoms with van der Waals surface area (Å²) in [6.07, 6.45) is 4.80. The van der Waals surface area contributed by atoms with Crippen molar-refractivity contribution in [2.45, 2.75) is 6.42 Å². The number of rotatable bonds is 3. The van der Waals surface area contributed by atoms with E-state index in [1.807, 2.05) is 24.3 Å². The predicted octanol–water partition coefficient (Wildman–Crippen LogP) is 2.77. The highest BCUT2D eigenvalue weighted by atomic mass is 79.9. The number of anilines is 1. The number of hydrogen-bond donors (Lipinski definition) is 2. The van der Waals surface area contributed by atoms with E-state index in [0.29, 0.717) is 5.69 Å². The van der Waals surface area contributed by atoms with Crippen LogP contribution in [0, 0.1) is 0 Å². The maximum Gasteiger partial charge on any atom is 0.145 e. The number of nitrogens with two attached hydrogens (primary N) is 1. The van der Waals surface area contributed by atoms with Crippen LogP contribution in [-0.4, -0.2) is 10.4 Å². The minimum atomic E-state index is 0.160. The average Bonchev–Trinajstić information content (AvgIpc) is 2.13. The van der Waals surface area contributed by atoms with E-state index in [4.69, 9.17) is 5.73 Å². The van der Waals surface area contributed by atoms with Crippen molar-refractivity contribution < 1.29 is 5.11 Å². The van der Waals surface area contributed by atoms with Crippen molar-refractivity contribution in [3.63, 3.8) is 0 Å². The van der Waals surface area contributed by atoms with Crippen LogP contribution in [0.25, 0.3) is 6.08 Å². The first-order valence-corrected chi connectivity index (χ1v) is 5.18. The molecule has 2 nitrogen and oxygen atoms in total. The monoisotopic (exact) mass is 241 g/mol. The van der Waals surface area contributed by atoms with Crippen LogP contribution in [0.5, 0.6) is 5.75 Å². The second kappa shape index (κ2) is 4.92. The summed E-state index contributed by atoms with van der Waals surface area (Å²) in [5, 5.41) is 10.4. The summed E-state index contributed by atoms with van der Waals surface area (Å²) in [5.74, 6) is 0.160. The summed E-state index contributed by atoms with van der Waals surface area (Å²) in [5.41, 5.74) is 6.71. The van der Waals surface area contributed by atoms with Gasteiger partial charge in [0.2, 0.25) is 0 Å². The van der Waals surface area contributed by atoms with Crippen LogP contribution < -0.4 is 5.73 Å². The molecular formula is C10H12BrNO. The topological polar surface area (TPSA) is 46.2 Å². The van der Waals surface area contributed by atoms with Crippen LogP contribution in [0.1, 0.15) is 12.0 Å². The summed E-state index contributed by atoms with van der Waals surface area (Å²) in [6, 6.07) is 5.33. The van der Waals surface area contributed by atoms with Crippen molar-refractivity contribution in [1.82, 2.24) is 0 Å². The fraction of sp³-hybridized carbons (Fsp3) is 0.200. The van der Waals surface area contributed by atoms with E-state index in [1.54, 1.807) is 6.07 Å². The molecule has 0 aliphatic heterocycles. The molecule has 0 aliphatic carbocycles. The normalized spacial score (nSPS) is 10.8. The van der Waals surface area contributed by atoms with Gasteiger partial charge in [-0.25, -0.2) is 0 Å². The van der Waals surface area contributed by atoms with Crippen LogP contribution in [0.3, 0.4) is 0 Å². The lowest BCUT2D eigenvalue weighted by molar-refractivity contribution is 0.476. The molecule has 1 aromatic rings. The number of phenols is 1. The van der Waals surface area contributed by atoms with Crippen molar-refractivity contribution in [2.75, 3.05) is 11.1 Å². The average molecular weight is 242 g/mol. The Hall–Kier alpha value is -0.960. The fourth-order valence-electron chi connectivity index (χ4n) is 0.988. The Morgan fingerprint density at radius 1 is 1.46 bits per heavy atom. The summed E-state index contributed by atoms with van der Waals surface area (Å²) in [6.45, 7) is 0. The Kier molecular flexibility index (Phi) is 3.83. The van der Waals surface area contributed by atoms with Gasteiger partial charge in [0.1, 0.15) is 5.75 Å². The molecule has 0 spiro atoms. The molecule has 3 N–H and O–H groups in total. The Balaban J connectivity index is 2.83. The van der Waals surface area contributed by atoms with Gasteiger partial charge in [-0.15, -0.1) is 0 Å². The van der Waals surface area contributed by atoms with Gasteiger partial charge in [0.15, 0.2) is 0 Å². The molecule has 0 unspecified atom stereocenters. The van der Waals surface area contributed by atoms with Gasteiger partial charge in [-0.05, 0) is 12.5 Å². The summed E-state index contributed by atoms with van der Waals surface area (Å²) >= 11 is 3.32. The van der Waals surface area contributed by atoms with Gasteiger partial charge in [0, 0.05) is 10.9 Å². The number of allylic oxidation sites excluding steroid dienone is 1. The van der Waals surface area contributed by atoms with Gasteiger partial charge in [0.05, 0.1) is 5.69 Å². The highest BCUT2D eigenvalue weighted by Crippen LogP contribution is 2.25. The van der Waals surface area contributed by atoms with E-state index in [2.05, 4.69) is 15.9 Å². The molecule has 70 valence electrons. The number of benzene rings is 1. The fourth-order valence-corrected chi connectivity index (χ4v) is 1.25. The van der Waals surface area contributed by atoms with E-state index < -0.39 is 0 Å². The van der Waals surface area contributed by atoms with Gasteiger partial charge >= 0.3 is 0 Å². The van der Waals surface area contributed by atoms with E-state index in [0.717, 1.165) is 17.3 Å². The van der Waals surface area contributed by atoms with Crippen LogP contribution in [0.2, 0.25) is 0 Å². The van der Waals surface area contributed by atoms with Gasteiger partial charge in [-0.2, -0.15) is 0 Å². The van der Waals surface area contributed by atoms with Gasteiger partial charge in [0.25, 0.3) is 0 Å². The summed E-state index contributed by atoms with van der Waals surface area (Å²) in [4.78, 5) is 0. The molecule has 0 radical (unpaired) electrons. The second-order valence-electron chi connectivity index (χ2n) is 2.67. The molecule has 0 atom stereocenters. The van der Waals surface area contributed by atoms with Crippen LogP contribution >= 0.6 is 15.9 Å². The second-order valence-corrected chi connectivity index (χ2v) is 3.46. The lowest BCUT2D eigenvalue weighted by Crippen LogP contribution is -1.86. The molecule has 0 bridgehead atoms. The standard InChI is InChI=1S/C10H12BrNO/c11-7-2-1-4-8-5-3-6-9(12)10(8)13/h1,3-6,13H,2,7,12H2. The number of alkyl halides is 1. The molecule has 0 fully saturated rings. The SMILES string of the molecule is Nc1cccc(C=CCCBr)c1O. The lowest BCUT2D eigenvalue weighted by atomic mass is 10.1. The number of nitrogen functional groups attached to an aromatic ring is 1. The smallest absolute Gasteiger partial charge is 0.145 e. The van der Waals surface area contributed by atoms with Crippen molar-refractivity contribution in [3.05, 3.63) is 29.8 Å². The number of hydrogen-bond acceptors (Lipinski definition) is 2. The zero-order valence-electron chi connectivity index (χ0n) is 7.20. The minimum absolute atomic E-state index is 0.160. The zero-order valence-corrected chi connectivity index (χ0v) is 8.79. The van der Waals surface area contributed by atoms with Crippen molar-refractivity contribution in [1.29, 1.82) is 0 Å². The first-order valence-electron chi connectivity index (χ1n) is 4.05. The summed E-state index contributed by atoms with van der Waals surface area (Å²) < 4.78 is 0. The number of para-hydroxylation sites is 1. The highest BCUT2D eigenvalue weighted by Gasteiger charge is 1.99. The third kappa shape index (κ3) is 2.77. The Bertz CT molecular complexity index is 310. The molecule has 3 heteroatoms. The largest absolute Gasteiger partial charge is 0.505 e. The molecule has 0 heterocycles. The molecule has 0 aromatic heterocycles. The van der Waals surface area contributed by atoms with Gasteiger partial charge in [-0.3, -0.25) is 0 Å². The predicted molar refractivity (Wildman–Crippen MR) is 60.0 cm³/mol. The van der Waals surface area contributed by atoms with Gasteiger partial charge < -0.3 is 10.8 Å². The Morgan fingerprint density at radius 2 is 2.23 bits per heavy atom. The quantitative estimate of drug-likeness (QED) is 0.486. The third-order valence-electron chi connectivity index (χ3n) is 1.67. The van der Waals surface area contributed by atoms with E-state index in [-0.39, 0.29) is 5.75 Å². The van der Waals surface area contributed by atoms with Crippen molar-refractivity contribution in [2.24, 2.45) is 0 Å². The van der Waals surface area contributed by atoms with Crippen LogP contribution in [0.4, 0.5) is 5.69 Å². The molecule has 0 aliphatic rings. The number of aromatic hydroxyl groups is 1. The highest BCUT2D eigenvalue weighted by molar-refractivity contribution is 9.09. The molecule has 0 saturated carbocycles. The maximum atomic E-state index is 9.51. The van der Waals surface area contributed by atoms with Crippen LogP contribution in [-0.2, 0) is 0 Å². The van der Waals surface area contributed by atoms with Crippen molar-refractivity contribution in [3.8, 4) is 5.75 Å².